The lowest BCUT2D eigenvalue weighted by Gasteiger charge is -2.18. The van der Waals surface area contributed by atoms with Gasteiger partial charge >= 0.3 is 12.5 Å². The summed E-state index contributed by atoms with van der Waals surface area (Å²) in [5.74, 6) is -0.347. The van der Waals surface area contributed by atoms with Crippen LogP contribution in [0.25, 0.3) is 0 Å². The van der Waals surface area contributed by atoms with Gasteiger partial charge in [0.15, 0.2) is 0 Å². The molecule has 1 rings (SSSR count). The van der Waals surface area contributed by atoms with E-state index < -0.39 is 18.6 Å². The molecule has 6 heteroatoms. The van der Waals surface area contributed by atoms with Crippen LogP contribution in [0.5, 0.6) is 5.75 Å². The van der Waals surface area contributed by atoms with E-state index in [1.165, 1.54) is 18.2 Å². The summed E-state index contributed by atoms with van der Waals surface area (Å²) in [6.45, 7) is 5.48. The van der Waals surface area contributed by atoms with Gasteiger partial charge in [0.2, 0.25) is 0 Å². The molecule has 1 atom stereocenters. The molecule has 2 nitrogen and oxygen atoms in total. The van der Waals surface area contributed by atoms with Gasteiger partial charge < -0.3 is 10.5 Å². The third-order valence-corrected chi connectivity index (χ3v) is 2.36. The molecule has 0 aliphatic heterocycles. The number of ether oxygens (including phenoxy) is 1. The monoisotopic (exact) mass is 277 g/mol. The van der Waals surface area contributed by atoms with Crippen molar-refractivity contribution in [3.8, 4) is 5.75 Å². The fraction of sp³-hybridized carbons (Fsp3) is 0.385. The maximum absolute atomic E-state index is 12.8. The Kier molecular flexibility index (Phi) is 4.94. The summed E-state index contributed by atoms with van der Waals surface area (Å²) in [4.78, 5) is 0. The minimum absolute atomic E-state index is 0.347. The molecule has 0 fully saturated rings. The Labute approximate surface area is 108 Å². The highest BCUT2D eigenvalue weighted by atomic mass is 19.3. The Hall–Kier alpha value is -1.56. The van der Waals surface area contributed by atoms with Crippen LogP contribution in [0.15, 0.2) is 36.4 Å². The van der Waals surface area contributed by atoms with Crippen LogP contribution in [-0.4, -0.2) is 12.5 Å². The predicted molar refractivity (Wildman–Crippen MR) is 64.4 cm³/mol. The van der Waals surface area contributed by atoms with E-state index in [9.17, 15) is 17.6 Å². The van der Waals surface area contributed by atoms with Gasteiger partial charge in [0.1, 0.15) is 5.75 Å². The van der Waals surface area contributed by atoms with Crippen molar-refractivity contribution in [3.05, 3.63) is 42.0 Å². The molecular formula is C13H15F4NO. The maximum atomic E-state index is 12.8. The standard InChI is InChI=1S/C13H15F4NO/c1-8(2)6-11(18)9-4-3-5-10(7-9)19-13(16,17)12(14)15/h3-5,7,11-12H,1,6,18H2,2H3/t11-/m1/s1. The van der Waals surface area contributed by atoms with E-state index >= 15 is 0 Å². The molecular weight excluding hydrogens is 262 g/mol. The lowest BCUT2D eigenvalue weighted by Crippen LogP contribution is -2.33. The van der Waals surface area contributed by atoms with E-state index in [1.807, 2.05) is 0 Å². The van der Waals surface area contributed by atoms with Crippen molar-refractivity contribution in [1.82, 2.24) is 0 Å². The Morgan fingerprint density at radius 3 is 2.58 bits per heavy atom. The first-order valence-electron chi connectivity index (χ1n) is 5.57. The smallest absolute Gasteiger partial charge is 0.428 e. The minimum atomic E-state index is -4.52. The first kappa shape index (κ1) is 15.5. The maximum Gasteiger partial charge on any atom is 0.461 e. The second-order valence-electron chi connectivity index (χ2n) is 4.30. The summed E-state index contributed by atoms with van der Waals surface area (Å²) in [6.07, 6.45) is -7.94. The molecule has 0 bridgehead atoms. The average molecular weight is 277 g/mol. The molecule has 0 saturated heterocycles. The molecule has 0 heterocycles. The van der Waals surface area contributed by atoms with Crippen molar-refractivity contribution in [2.75, 3.05) is 0 Å². The van der Waals surface area contributed by atoms with Crippen LogP contribution >= 0.6 is 0 Å². The van der Waals surface area contributed by atoms with Gasteiger partial charge in [-0.05, 0) is 31.0 Å². The molecule has 106 valence electrons. The van der Waals surface area contributed by atoms with E-state index in [1.54, 1.807) is 13.0 Å². The molecule has 0 saturated carbocycles. The Balaban J connectivity index is 2.86. The summed E-state index contributed by atoms with van der Waals surface area (Å²) in [5.41, 5.74) is 7.19. The number of alkyl halides is 4. The molecule has 0 radical (unpaired) electrons. The van der Waals surface area contributed by atoms with Gasteiger partial charge in [-0.25, -0.2) is 0 Å². The number of hydrogen-bond donors (Lipinski definition) is 1. The Morgan fingerprint density at radius 2 is 2.05 bits per heavy atom. The molecule has 1 aromatic carbocycles. The number of hydrogen-bond acceptors (Lipinski definition) is 2. The number of halogens is 4. The highest BCUT2D eigenvalue weighted by molar-refractivity contribution is 5.31. The van der Waals surface area contributed by atoms with Gasteiger partial charge in [0, 0.05) is 6.04 Å². The second-order valence-corrected chi connectivity index (χ2v) is 4.30. The predicted octanol–water partition coefficient (Wildman–Crippen LogP) is 3.89. The van der Waals surface area contributed by atoms with Crippen LogP contribution in [0.2, 0.25) is 0 Å². The number of nitrogens with two attached hydrogens (primary N) is 1. The van der Waals surface area contributed by atoms with Gasteiger partial charge in [-0.2, -0.15) is 17.6 Å². The molecule has 0 aromatic heterocycles. The fourth-order valence-electron chi connectivity index (χ4n) is 1.50. The van der Waals surface area contributed by atoms with E-state index in [0.29, 0.717) is 12.0 Å². The molecule has 0 unspecified atom stereocenters. The van der Waals surface area contributed by atoms with Crippen molar-refractivity contribution < 1.29 is 22.3 Å². The van der Waals surface area contributed by atoms with E-state index in [-0.39, 0.29) is 5.75 Å². The van der Waals surface area contributed by atoms with Crippen molar-refractivity contribution in [2.24, 2.45) is 5.73 Å². The van der Waals surface area contributed by atoms with Crippen LogP contribution in [0.4, 0.5) is 17.6 Å². The molecule has 19 heavy (non-hydrogen) atoms. The summed E-state index contributed by atoms with van der Waals surface area (Å²) < 4.78 is 53.5. The van der Waals surface area contributed by atoms with Gasteiger partial charge in [0.25, 0.3) is 0 Å². The molecule has 1 aromatic rings. The molecule has 2 N–H and O–H groups in total. The normalized spacial score (nSPS) is 13.4. The van der Waals surface area contributed by atoms with E-state index in [4.69, 9.17) is 5.73 Å². The quantitative estimate of drug-likeness (QED) is 0.632. The fourth-order valence-corrected chi connectivity index (χ4v) is 1.50. The molecule has 0 aliphatic rings. The van der Waals surface area contributed by atoms with Crippen LogP contribution in [0.1, 0.15) is 24.9 Å². The first-order chi connectivity index (χ1) is 8.72. The number of benzene rings is 1. The zero-order valence-corrected chi connectivity index (χ0v) is 10.4. The first-order valence-corrected chi connectivity index (χ1v) is 5.57. The van der Waals surface area contributed by atoms with Crippen LogP contribution < -0.4 is 10.5 Å². The largest absolute Gasteiger partial charge is 0.461 e. The lowest BCUT2D eigenvalue weighted by molar-refractivity contribution is -0.253. The Bertz CT molecular complexity index is 448. The third-order valence-electron chi connectivity index (χ3n) is 2.36. The number of rotatable bonds is 6. The van der Waals surface area contributed by atoms with Gasteiger partial charge in [-0.15, -0.1) is 6.58 Å². The molecule has 0 amide bonds. The van der Waals surface area contributed by atoms with Gasteiger partial charge in [-0.3, -0.25) is 0 Å². The lowest BCUT2D eigenvalue weighted by atomic mass is 10.0. The van der Waals surface area contributed by atoms with Crippen molar-refractivity contribution in [3.63, 3.8) is 0 Å². The average Bonchev–Trinajstić information content (AvgIpc) is 2.27. The van der Waals surface area contributed by atoms with Crippen molar-refractivity contribution >= 4 is 0 Å². The van der Waals surface area contributed by atoms with E-state index in [2.05, 4.69) is 11.3 Å². The van der Waals surface area contributed by atoms with Crippen molar-refractivity contribution in [2.45, 2.75) is 31.9 Å². The SMILES string of the molecule is C=C(C)C[C@@H](N)c1cccc(OC(F)(F)C(F)F)c1. The summed E-state index contributed by atoms with van der Waals surface area (Å²) >= 11 is 0. The summed E-state index contributed by atoms with van der Waals surface area (Å²) in [7, 11) is 0. The summed E-state index contributed by atoms with van der Waals surface area (Å²) in [5, 5.41) is 0. The van der Waals surface area contributed by atoms with E-state index in [0.717, 1.165) is 5.57 Å². The zero-order valence-electron chi connectivity index (χ0n) is 10.4. The minimum Gasteiger partial charge on any atom is -0.428 e. The zero-order chi connectivity index (χ0) is 14.6. The van der Waals surface area contributed by atoms with Gasteiger partial charge in [-0.1, -0.05) is 17.7 Å². The van der Waals surface area contributed by atoms with Crippen LogP contribution in [-0.2, 0) is 0 Å². The molecule has 0 aliphatic carbocycles. The van der Waals surface area contributed by atoms with Crippen LogP contribution in [0.3, 0.4) is 0 Å². The third kappa shape index (κ3) is 4.55. The molecule has 0 spiro atoms. The Morgan fingerprint density at radius 1 is 1.42 bits per heavy atom. The van der Waals surface area contributed by atoms with Crippen LogP contribution in [0, 0.1) is 0 Å². The second kappa shape index (κ2) is 6.06. The van der Waals surface area contributed by atoms with Crippen molar-refractivity contribution in [1.29, 1.82) is 0 Å². The van der Waals surface area contributed by atoms with Gasteiger partial charge in [0.05, 0.1) is 0 Å². The highest BCUT2D eigenvalue weighted by Crippen LogP contribution is 2.29. The summed E-state index contributed by atoms with van der Waals surface area (Å²) in [6, 6.07) is 4.99. The topological polar surface area (TPSA) is 35.2 Å². The highest BCUT2D eigenvalue weighted by Gasteiger charge is 2.43.